The summed E-state index contributed by atoms with van der Waals surface area (Å²) in [4.78, 5) is 7.99. The summed E-state index contributed by atoms with van der Waals surface area (Å²) < 4.78 is 0. The van der Waals surface area contributed by atoms with Crippen LogP contribution in [-0.2, 0) is 13.1 Å². The van der Waals surface area contributed by atoms with Crippen LogP contribution in [0, 0.1) is 0 Å². The maximum Gasteiger partial charge on any atom is 0.0749 e. The highest BCUT2D eigenvalue weighted by atomic mass is 32.1. The quantitative estimate of drug-likeness (QED) is 0.618. The average molecular weight is 270 g/mol. The second-order valence-electron chi connectivity index (χ2n) is 3.74. The Hall–Kier alpha value is -1.70. The van der Waals surface area contributed by atoms with E-state index in [0.29, 0.717) is 13.1 Å². The zero-order valence-corrected chi connectivity index (χ0v) is 11.2. The van der Waals surface area contributed by atoms with Gasteiger partial charge < -0.3 is 0 Å². The van der Waals surface area contributed by atoms with Gasteiger partial charge in [0, 0.05) is 0 Å². The molecule has 4 heteroatoms. The number of isothiocyanates is 2. The Labute approximate surface area is 116 Å². The third-order valence-electron chi connectivity index (χ3n) is 2.73. The van der Waals surface area contributed by atoms with Gasteiger partial charge in [0.2, 0.25) is 0 Å². The topological polar surface area (TPSA) is 24.7 Å². The second-order valence-corrected chi connectivity index (χ2v) is 4.11. The first kappa shape index (κ1) is 12.7. The van der Waals surface area contributed by atoms with Crippen LogP contribution in [0.2, 0.25) is 0 Å². The van der Waals surface area contributed by atoms with Crippen LogP contribution in [-0.4, -0.2) is 10.3 Å². The largest absolute Gasteiger partial charge is 0.228 e. The number of benzene rings is 2. The van der Waals surface area contributed by atoms with Crippen molar-refractivity contribution in [1.82, 2.24) is 0 Å². The highest BCUT2D eigenvalue weighted by Gasteiger charge is 2.03. The molecule has 0 saturated carbocycles. The SMILES string of the molecule is S=C=NCc1cccc2c(CN=C=S)cccc12. The summed E-state index contributed by atoms with van der Waals surface area (Å²) >= 11 is 9.21. The van der Waals surface area contributed by atoms with E-state index in [1.807, 2.05) is 24.3 Å². The van der Waals surface area contributed by atoms with Crippen molar-refractivity contribution in [2.24, 2.45) is 9.98 Å². The van der Waals surface area contributed by atoms with Gasteiger partial charge in [-0.2, -0.15) is 0 Å². The molecule has 0 radical (unpaired) electrons. The Balaban J connectivity index is 2.56. The number of hydrogen-bond donors (Lipinski definition) is 0. The average Bonchev–Trinajstić information content (AvgIpc) is 2.42. The van der Waals surface area contributed by atoms with Crippen LogP contribution >= 0.6 is 24.4 Å². The molecular weight excluding hydrogens is 260 g/mol. The highest BCUT2D eigenvalue weighted by molar-refractivity contribution is 7.78. The fourth-order valence-corrected chi connectivity index (χ4v) is 2.08. The van der Waals surface area contributed by atoms with Gasteiger partial charge in [0.25, 0.3) is 0 Å². The standard InChI is InChI=1S/C14H10N2S2/c17-9-15-7-11-3-1-5-13-12(8-16-10-18)4-2-6-14(11)13/h1-6H,7-8H2. The van der Waals surface area contributed by atoms with Crippen LogP contribution in [0.15, 0.2) is 46.4 Å². The zero-order valence-electron chi connectivity index (χ0n) is 9.59. The van der Waals surface area contributed by atoms with Gasteiger partial charge in [-0.3, -0.25) is 0 Å². The third-order valence-corrected chi connectivity index (χ3v) is 2.99. The number of aliphatic imine (C=N–C) groups is 2. The van der Waals surface area contributed by atoms with E-state index >= 15 is 0 Å². The molecule has 0 N–H and O–H groups in total. The predicted molar refractivity (Wildman–Crippen MR) is 81.4 cm³/mol. The maximum absolute atomic E-state index is 4.61. The van der Waals surface area contributed by atoms with Crippen LogP contribution in [0.5, 0.6) is 0 Å². The van der Waals surface area contributed by atoms with Crippen LogP contribution in [0.25, 0.3) is 10.8 Å². The molecular formula is C14H10N2S2. The molecule has 2 aromatic rings. The number of rotatable bonds is 4. The minimum atomic E-state index is 0.556. The lowest BCUT2D eigenvalue weighted by Gasteiger charge is -2.07. The van der Waals surface area contributed by atoms with Gasteiger partial charge in [0.05, 0.1) is 23.4 Å². The first-order valence-electron chi connectivity index (χ1n) is 5.43. The Morgan fingerprint density at radius 1 is 0.778 bits per heavy atom. The molecule has 2 nitrogen and oxygen atoms in total. The van der Waals surface area contributed by atoms with E-state index in [4.69, 9.17) is 0 Å². The first-order chi connectivity index (χ1) is 8.86. The van der Waals surface area contributed by atoms with E-state index in [0.717, 1.165) is 11.1 Å². The first-order valence-corrected chi connectivity index (χ1v) is 6.25. The molecule has 0 heterocycles. The van der Waals surface area contributed by atoms with Gasteiger partial charge in [-0.25, -0.2) is 9.98 Å². The molecule has 88 valence electrons. The molecule has 18 heavy (non-hydrogen) atoms. The molecule has 0 unspecified atom stereocenters. The lowest BCUT2D eigenvalue weighted by atomic mass is 10.00. The number of hydrogen-bond acceptors (Lipinski definition) is 4. The lowest BCUT2D eigenvalue weighted by molar-refractivity contribution is 1.08. The van der Waals surface area contributed by atoms with Crippen LogP contribution in [0.3, 0.4) is 0 Å². The summed E-state index contributed by atoms with van der Waals surface area (Å²) in [5.41, 5.74) is 2.27. The molecule has 0 spiro atoms. The van der Waals surface area contributed by atoms with Crippen molar-refractivity contribution in [3.63, 3.8) is 0 Å². The fourth-order valence-electron chi connectivity index (χ4n) is 1.95. The third kappa shape index (κ3) is 2.76. The normalized spacial score (nSPS) is 9.56. The van der Waals surface area contributed by atoms with Crippen molar-refractivity contribution in [2.45, 2.75) is 13.1 Å². The molecule has 0 amide bonds. The molecule has 0 aromatic heterocycles. The van der Waals surface area contributed by atoms with Gasteiger partial charge in [-0.1, -0.05) is 36.4 Å². The number of fused-ring (bicyclic) bond motifs is 1. The van der Waals surface area contributed by atoms with Gasteiger partial charge >= 0.3 is 0 Å². The summed E-state index contributed by atoms with van der Waals surface area (Å²) in [5, 5.41) is 7.13. The zero-order chi connectivity index (χ0) is 12.8. The molecule has 2 aromatic carbocycles. The van der Waals surface area contributed by atoms with Crippen LogP contribution in [0.1, 0.15) is 11.1 Å². The minimum absolute atomic E-state index is 0.556. The monoisotopic (exact) mass is 270 g/mol. The molecule has 0 aliphatic heterocycles. The summed E-state index contributed by atoms with van der Waals surface area (Å²) in [7, 11) is 0. The van der Waals surface area contributed by atoms with E-state index in [1.165, 1.54) is 10.8 Å². The van der Waals surface area contributed by atoms with Gasteiger partial charge in [-0.15, -0.1) is 0 Å². The van der Waals surface area contributed by atoms with Crippen LogP contribution < -0.4 is 0 Å². The van der Waals surface area contributed by atoms with E-state index in [2.05, 4.69) is 56.9 Å². The summed E-state index contributed by atoms with van der Waals surface area (Å²) in [6.07, 6.45) is 0. The summed E-state index contributed by atoms with van der Waals surface area (Å²) in [6, 6.07) is 12.3. The minimum Gasteiger partial charge on any atom is -0.228 e. The molecule has 0 fully saturated rings. The van der Waals surface area contributed by atoms with Crippen molar-refractivity contribution in [3.05, 3.63) is 47.5 Å². The molecule has 0 aliphatic rings. The Morgan fingerprint density at radius 3 is 1.61 bits per heavy atom. The van der Waals surface area contributed by atoms with E-state index in [1.54, 1.807) is 0 Å². The van der Waals surface area contributed by atoms with E-state index in [-0.39, 0.29) is 0 Å². The number of nitrogens with zero attached hydrogens (tertiary/aromatic N) is 2. The maximum atomic E-state index is 4.61. The van der Waals surface area contributed by atoms with Crippen molar-refractivity contribution < 1.29 is 0 Å². The summed E-state index contributed by atoms with van der Waals surface area (Å²) in [6.45, 7) is 1.11. The molecule has 0 aliphatic carbocycles. The molecule has 0 atom stereocenters. The van der Waals surface area contributed by atoms with Crippen molar-refractivity contribution >= 4 is 45.5 Å². The Kier molecular flexibility index (Phi) is 4.46. The van der Waals surface area contributed by atoms with Crippen molar-refractivity contribution in [1.29, 1.82) is 0 Å². The van der Waals surface area contributed by atoms with Crippen molar-refractivity contribution in [3.8, 4) is 0 Å². The van der Waals surface area contributed by atoms with Crippen LogP contribution in [0.4, 0.5) is 0 Å². The molecule has 0 saturated heterocycles. The Bertz CT molecular complexity index is 607. The Morgan fingerprint density at radius 2 is 1.22 bits per heavy atom. The van der Waals surface area contributed by atoms with Gasteiger partial charge in [0.15, 0.2) is 0 Å². The lowest BCUT2D eigenvalue weighted by Crippen LogP contribution is -1.89. The number of thiocarbonyl (C=S) groups is 2. The second kappa shape index (κ2) is 6.29. The van der Waals surface area contributed by atoms with Gasteiger partial charge in [-0.05, 0) is 46.3 Å². The van der Waals surface area contributed by atoms with E-state index < -0.39 is 0 Å². The summed E-state index contributed by atoms with van der Waals surface area (Å²) in [5.74, 6) is 0. The fraction of sp³-hybridized carbons (Fsp3) is 0.143. The predicted octanol–water partition coefficient (Wildman–Crippen LogP) is 4.05. The molecule has 0 bridgehead atoms. The highest BCUT2D eigenvalue weighted by Crippen LogP contribution is 2.23. The molecule has 2 rings (SSSR count). The smallest absolute Gasteiger partial charge is 0.0749 e. The van der Waals surface area contributed by atoms with Gasteiger partial charge in [0.1, 0.15) is 0 Å². The van der Waals surface area contributed by atoms with E-state index in [9.17, 15) is 0 Å². The van der Waals surface area contributed by atoms with Crippen molar-refractivity contribution in [2.75, 3.05) is 0 Å².